The Hall–Kier alpha value is -2.23. The minimum atomic E-state index is -3.33. The summed E-state index contributed by atoms with van der Waals surface area (Å²) < 4.78 is 32.7. The first-order chi connectivity index (χ1) is 14.0. The molecule has 8 nitrogen and oxygen atoms in total. The van der Waals surface area contributed by atoms with Gasteiger partial charge in [-0.2, -0.15) is 9.40 Å². The summed E-state index contributed by atoms with van der Waals surface area (Å²) in [6.45, 7) is 7.22. The predicted molar refractivity (Wildman–Crippen MR) is 113 cm³/mol. The smallest absolute Gasteiger partial charge is 0.218 e. The quantitative estimate of drug-likeness (QED) is 0.725. The van der Waals surface area contributed by atoms with Crippen LogP contribution in [0.5, 0.6) is 0 Å². The van der Waals surface area contributed by atoms with E-state index in [0.717, 1.165) is 35.7 Å². The van der Waals surface area contributed by atoms with Gasteiger partial charge in [0.1, 0.15) is 0 Å². The van der Waals surface area contributed by atoms with Crippen LogP contribution in [0.3, 0.4) is 0 Å². The van der Waals surface area contributed by atoms with E-state index in [4.69, 9.17) is 4.74 Å². The topological polar surface area (TPSA) is 78.9 Å². The van der Waals surface area contributed by atoms with Crippen LogP contribution >= 0.6 is 0 Å². The summed E-state index contributed by atoms with van der Waals surface area (Å²) in [4.78, 5) is 4.35. The number of sulfonamides is 1. The zero-order valence-electron chi connectivity index (χ0n) is 16.7. The Bertz CT molecular complexity index is 939. The minimum absolute atomic E-state index is 0.0483. The van der Waals surface area contributed by atoms with Crippen molar-refractivity contribution in [3.63, 3.8) is 0 Å². The van der Waals surface area contributed by atoms with E-state index in [-0.39, 0.29) is 5.75 Å². The van der Waals surface area contributed by atoms with Gasteiger partial charge in [-0.05, 0) is 12.5 Å². The third kappa shape index (κ3) is 4.85. The number of benzene rings is 1. The Labute approximate surface area is 172 Å². The molecule has 156 valence electrons. The summed E-state index contributed by atoms with van der Waals surface area (Å²) in [5.74, 6) is 0.896. The molecule has 3 heterocycles. The molecule has 9 heteroatoms. The van der Waals surface area contributed by atoms with Crippen molar-refractivity contribution in [1.82, 2.24) is 14.5 Å². The second-order valence-electron chi connectivity index (χ2n) is 7.50. The lowest BCUT2D eigenvalue weighted by atomic mass is 10.2. The molecule has 2 saturated heterocycles. The number of hydrogen-bond donors (Lipinski definition) is 0. The molecule has 2 aliphatic rings. The van der Waals surface area contributed by atoms with Crippen molar-refractivity contribution in [2.24, 2.45) is 0 Å². The van der Waals surface area contributed by atoms with Gasteiger partial charge in [0.15, 0.2) is 5.82 Å². The molecule has 2 aliphatic heterocycles. The molecular formula is C20H27N5O3S. The number of morpholine rings is 1. The van der Waals surface area contributed by atoms with E-state index >= 15 is 0 Å². The first-order valence-corrected chi connectivity index (χ1v) is 11.6. The van der Waals surface area contributed by atoms with Crippen LogP contribution in [0.1, 0.15) is 11.1 Å². The fraction of sp³-hybridized carbons (Fsp3) is 0.500. The predicted octanol–water partition coefficient (Wildman–Crippen LogP) is 1.27. The van der Waals surface area contributed by atoms with E-state index in [2.05, 4.69) is 20.0 Å². The molecule has 0 spiro atoms. The number of nitrogens with zero attached hydrogens (tertiary/aromatic N) is 5. The molecule has 0 radical (unpaired) electrons. The summed E-state index contributed by atoms with van der Waals surface area (Å²) in [7, 11) is -3.33. The highest BCUT2D eigenvalue weighted by atomic mass is 32.2. The monoisotopic (exact) mass is 417 g/mol. The van der Waals surface area contributed by atoms with Gasteiger partial charge in [0.25, 0.3) is 0 Å². The lowest BCUT2D eigenvalue weighted by Crippen LogP contribution is -2.49. The van der Waals surface area contributed by atoms with Gasteiger partial charge in [-0.15, -0.1) is 5.10 Å². The molecule has 0 bridgehead atoms. The third-order valence-electron chi connectivity index (χ3n) is 5.39. The maximum atomic E-state index is 12.8. The van der Waals surface area contributed by atoms with E-state index in [1.54, 1.807) is 10.5 Å². The number of aromatic nitrogens is 2. The Morgan fingerprint density at radius 1 is 1.00 bits per heavy atom. The number of anilines is 2. The van der Waals surface area contributed by atoms with Crippen LogP contribution in [0.4, 0.5) is 11.5 Å². The third-order valence-corrected chi connectivity index (χ3v) is 7.24. The molecule has 0 aliphatic carbocycles. The largest absolute Gasteiger partial charge is 0.378 e. The van der Waals surface area contributed by atoms with Crippen molar-refractivity contribution < 1.29 is 13.2 Å². The Kier molecular flexibility index (Phi) is 5.98. The highest BCUT2D eigenvalue weighted by molar-refractivity contribution is 7.88. The van der Waals surface area contributed by atoms with Crippen molar-refractivity contribution in [2.75, 3.05) is 62.3 Å². The van der Waals surface area contributed by atoms with Crippen LogP contribution in [0.2, 0.25) is 0 Å². The summed E-state index contributed by atoms with van der Waals surface area (Å²) in [6.07, 6.45) is 1.75. The van der Waals surface area contributed by atoms with Gasteiger partial charge < -0.3 is 14.5 Å². The number of hydrogen-bond acceptors (Lipinski definition) is 7. The van der Waals surface area contributed by atoms with Crippen molar-refractivity contribution in [3.05, 3.63) is 47.7 Å². The average molecular weight is 418 g/mol. The first-order valence-electron chi connectivity index (χ1n) is 9.95. The van der Waals surface area contributed by atoms with E-state index in [1.807, 2.05) is 37.3 Å². The van der Waals surface area contributed by atoms with Gasteiger partial charge in [-0.3, -0.25) is 0 Å². The van der Waals surface area contributed by atoms with Gasteiger partial charge in [0.2, 0.25) is 10.0 Å². The maximum Gasteiger partial charge on any atom is 0.218 e. The van der Waals surface area contributed by atoms with E-state index in [9.17, 15) is 8.42 Å². The number of aryl methyl sites for hydroxylation is 1. The van der Waals surface area contributed by atoms with Crippen LogP contribution in [0, 0.1) is 6.92 Å². The molecule has 0 atom stereocenters. The number of ether oxygens (including phenoxy) is 1. The van der Waals surface area contributed by atoms with Crippen LogP contribution in [-0.4, -0.2) is 75.4 Å². The standard InChI is InChI=1S/C20H27N5O3S/c1-17-3-2-4-18(13-17)16-29(26,27)25-7-5-23(6-8-25)19-14-20(22-21-15-19)24-9-11-28-12-10-24/h2-4,13-15H,5-12,16H2,1H3. The molecule has 0 unspecified atom stereocenters. The van der Waals surface area contributed by atoms with Crippen LogP contribution < -0.4 is 9.80 Å². The van der Waals surface area contributed by atoms with Crippen LogP contribution in [0.25, 0.3) is 0 Å². The maximum absolute atomic E-state index is 12.8. The first kappa shape index (κ1) is 20.1. The minimum Gasteiger partial charge on any atom is -0.378 e. The van der Waals surface area contributed by atoms with Crippen molar-refractivity contribution >= 4 is 21.5 Å². The molecule has 0 N–H and O–H groups in total. The van der Waals surface area contributed by atoms with E-state index in [1.165, 1.54) is 0 Å². The fourth-order valence-electron chi connectivity index (χ4n) is 3.79. The van der Waals surface area contributed by atoms with Crippen LogP contribution in [-0.2, 0) is 20.5 Å². The van der Waals surface area contributed by atoms with Crippen molar-refractivity contribution in [1.29, 1.82) is 0 Å². The molecule has 29 heavy (non-hydrogen) atoms. The number of piperazine rings is 1. The summed E-state index contributed by atoms with van der Waals surface area (Å²) in [5, 5.41) is 8.41. The average Bonchev–Trinajstić information content (AvgIpc) is 2.74. The highest BCUT2D eigenvalue weighted by Crippen LogP contribution is 2.22. The summed E-state index contributed by atoms with van der Waals surface area (Å²) >= 11 is 0. The van der Waals surface area contributed by atoms with Gasteiger partial charge in [-0.25, -0.2) is 8.42 Å². The highest BCUT2D eigenvalue weighted by Gasteiger charge is 2.27. The zero-order valence-corrected chi connectivity index (χ0v) is 17.5. The van der Waals surface area contributed by atoms with Gasteiger partial charge in [0, 0.05) is 45.3 Å². The summed E-state index contributed by atoms with van der Waals surface area (Å²) in [5.41, 5.74) is 2.89. The Morgan fingerprint density at radius 2 is 1.76 bits per heavy atom. The molecule has 1 aromatic carbocycles. The lowest BCUT2D eigenvalue weighted by molar-refractivity contribution is 0.122. The molecular weight excluding hydrogens is 390 g/mol. The number of rotatable bonds is 5. The zero-order chi connectivity index (χ0) is 20.3. The molecule has 2 aromatic rings. The molecule has 4 rings (SSSR count). The van der Waals surface area contributed by atoms with E-state index in [0.29, 0.717) is 39.4 Å². The second kappa shape index (κ2) is 8.64. The SMILES string of the molecule is Cc1cccc(CS(=O)(=O)N2CCN(c3cnnc(N4CCOCC4)c3)CC2)c1. The van der Waals surface area contributed by atoms with E-state index < -0.39 is 10.0 Å². The molecule has 0 amide bonds. The fourth-order valence-corrected chi connectivity index (χ4v) is 5.30. The second-order valence-corrected chi connectivity index (χ2v) is 9.47. The van der Waals surface area contributed by atoms with Crippen LogP contribution in [0.15, 0.2) is 36.5 Å². The van der Waals surface area contributed by atoms with Gasteiger partial charge in [0.05, 0.1) is 30.9 Å². The van der Waals surface area contributed by atoms with Gasteiger partial charge >= 0.3 is 0 Å². The normalized spacial score (nSPS) is 18.8. The Morgan fingerprint density at radius 3 is 2.48 bits per heavy atom. The van der Waals surface area contributed by atoms with Crippen molar-refractivity contribution in [3.8, 4) is 0 Å². The molecule has 0 saturated carbocycles. The Balaban J connectivity index is 1.39. The summed E-state index contributed by atoms with van der Waals surface area (Å²) in [6, 6.07) is 9.72. The molecule has 1 aromatic heterocycles. The molecule has 2 fully saturated rings. The lowest BCUT2D eigenvalue weighted by Gasteiger charge is -2.35. The van der Waals surface area contributed by atoms with Gasteiger partial charge in [-0.1, -0.05) is 29.8 Å². The van der Waals surface area contributed by atoms with Crippen molar-refractivity contribution in [2.45, 2.75) is 12.7 Å².